The summed E-state index contributed by atoms with van der Waals surface area (Å²) < 4.78 is 33.6. The predicted molar refractivity (Wildman–Crippen MR) is 101 cm³/mol. The molecule has 1 saturated carbocycles. The molecule has 2 N–H and O–H groups in total. The molecule has 0 radical (unpaired) electrons. The van der Waals surface area contributed by atoms with Crippen LogP contribution in [0.4, 0.5) is 0 Å². The van der Waals surface area contributed by atoms with E-state index in [1.54, 1.807) is 7.05 Å². The summed E-state index contributed by atoms with van der Waals surface area (Å²) in [4.78, 5) is 23.6. The molecule has 0 bridgehead atoms. The Labute approximate surface area is 158 Å². The maximum atomic E-state index is 12.4. The second-order valence-corrected chi connectivity index (χ2v) is 8.73. The van der Waals surface area contributed by atoms with E-state index in [2.05, 4.69) is 10.0 Å². The van der Waals surface area contributed by atoms with Gasteiger partial charge in [0.1, 0.15) is 0 Å². The first-order valence-corrected chi connectivity index (χ1v) is 10.7. The third kappa shape index (κ3) is 4.78. The first kappa shape index (κ1) is 19.6. The van der Waals surface area contributed by atoms with Crippen molar-refractivity contribution in [1.29, 1.82) is 0 Å². The Balaban J connectivity index is 1.56. The van der Waals surface area contributed by atoms with Gasteiger partial charge in [-0.2, -0.15) is 0 Å². The lowest BCUT2D eigenvalue weighted by molar-refractivity contribution is -0.121. The number of aryl methyl sites for hydroxylation is 1. The zero-order chi connectivity index (χ0) is 19.4. The highest BCUT2D eigenvalue weighted by Crippen LogP contribution is 2.18. The van der Waals surface area contributed by atoms with Gasteiger partial charge in [0.15, 0.2) is 5.58 Å². The first-order valence-electron chi connectivity index (χ1n) is 9.25. The second-order valence-electron chi connectivity index (χ2n) is 6.96. The summed E-state index contributed by atoms with van der Waals surface area (Å²) in [5.41, 5.74) is 0.721. The predicted octanol–water partition coefficient (Wildman–Crippen LogP) is 1.64. The SMILES string of the molecule is Cn1c(=O)oc2cc(S(=O)(=O)NCCC(=O)NC3CCCCCC3)ccc21. The van der Waals surface area contributed by atoms with Gasteiger partial charge in [0, 0.05) is 32.1 Å². The van der Waals surface area contributed by atoms with Crippen LogP contribution in [-0.4, -0.2) is 31.5 Å². The Kier molecular flexibility index (Phi) is 6.01. The quantitative estimate of drug-likeness (QED) is 0.723. The molecule has 1 amide bonds. The zero-order valence-corrected chi connectivity index (χ0v) is 16.2. The summed E-state index contributed by atoms with van der Waals surface area (Å²) in [6.07, 6.45) is 6.71. The zero-order valence-electron chi connectivity index (χ0n) is 15.4. The van der Waals surface area contributed by atoms with Gasteiger partial charge in [-0.05, 0) is 25.0 Å². The smallest absolute Gasteiger partial charge is 0.408 e. The molecule has 3 rings (SSSR count). The van der Waals surface area contributed by atoms with Crippen LogP contribution in [0, 0.1) is 0 Å². The summed E-state index contributed by atoms with van der Waals surface area (Å²) in [6, 6.07) is 4.43. The molecule has 9 heteroatoms. The molecule has 0 spiro atoms. The number of hydrogen-bond donors (Lipinski definition) is 2. The molecular formula is C18H25N3O5S. The summed E-state index contributed by atoms with van der Waals surface area (Å²) in [5.74, 6) is -0.697. The maximum Gasteiger partial charge on any atom is 0.419 e. The Morgan fingerprint density at radius 2 is 1.93 bits per heavy atom. The van der Waals surface area contributed by atoms with Crippen molar-refractivity contribution >= 4 is 27.0 Å². The number of carbonyl (C=O) groups excluding carboxylic acids is 1. The van der Waals surface area contributed by atoms with E-state index in [1.807, 2.05) is 0 Å². The van der Waals surface area contributed by atoms with Crippen molar-refractivity contribution in [3.05, 3.63) is 28.7 Å². The number of rotatable bonds is 6. The van der Waals surface area contributed by atoms with E-state index in [-0.39, 0.29) is 35.4 Å². The van der Waals surface area contributed by atoms with Crippen LogP contribution in [0.3, 0.4) is 0 Å². The van der Waals surface area contributed by atoms with Crippen LogP contribution in [-0.2, 0) is 21.9 Å². The number of oxazole rings is 1. The van der Waals surface area contributed by atoms with E-state index in [1.165, 1.54) is 35.6 Å². The number of hydrogen-bond acceptors (Lipinski definition) is 5. The molecule has 1 aliphatic carbocycles. The highest BCUT2D eigenvalue weighted by molar-refractivity contribution is 7.89. The summed E-state index contributed by atoms with van der Waals surface area (Å²) in [5, 5.41) is 2.99. The lowest BCUT2D eigenvalue weighted by Crippen LogP contribution is -2.36. The van der Waals surface area contributed by atoms with Crippen molar-refractivity contribution in [1.82, 2.24) is 14.6 Å². The Bertz CT molecular complexity index is 969. The van der Waals surface area contributed by atoms with Crippen LogP contribution >= 0.6 is 0 Å². The van der Waals surface area contributed by atoms with E-state index >= 15 is 0 Å². The van der Waals surface area contributed by atoms with Gasteiger partial charge in [-0.15, -0.1) is 0 Å². The maximum absolute atomic E-state index is 12.4. The van der Waals surface area contributed by atoms with Crippen molar-refractivity contribution in [3.63, 3.8) is 0 Å². The van der Waals surface area contributed by atoms with Crippen molar-refractivity contribution in [2.24, 2.45) is 7.05 Å². The number of benzene rings is 1. The summed E-state index contributed by atoms with van der Waals surface area (Å²) >= 11 is 0. The monoisotopic (exact) mass is 395 g/mol. The average Bonchev–Trinajstić information content (AvgIpc) is 2.79. The van der Waals surface area contributed by atoms with Gasteiger partial charge in [-0.25, -0.2) is 17.9 Å². The Morgan fingerprint density at radius 1 is 1.22 bits per heavy atom. The fourth-order valence-electron chi connectivity index (χ4n) is 3.39. The molecule has 2 aromatic rings. The highest BCUT2D eigenvalue weighted by atomic mass is 32.2. The van der Waals surface area contributed by atoms with Gasteiger partial charge in [-0.1, -0.05) is 25.7 Å². The van der Waals surface area contributed by atoms with Crippen LogP contribution in [0.2, 0.25) is 0 Å². The minimum atomic E-state index is -3.79. The summed E-state index contributed by atoms with van der Waals surface area (Å²) in [6.45, 7) is 0.0116. The number of nitrogens with one attached hydrogen (secondary N) is 2. The Morgan fingerprint density at radius 3 is 2.63 bits per heavy atom. The topological polar surface area (TPSA) is 110 Å². The molecule has 0 unspecified atom stereocenters. The average molecular weight is 395 g/mol. The molecule has 27 heavy (non-hydrogen) atoms. The third-order valence-electron chi connectivity index (χ3n) is 4.94. The normalized spacial score (nSPS) is 16.3. The van der Waals surface area contributed by atoms with Gasteiger partial charge in [0.25, 0.3) is 0 Å². The molecule has 0 atom stereocenters. The molecule has 1 heterocycles. The molecule has 1 aromatic heterocycles. The van der Waals surface area contributed by atoms with Crippen LogP contribution in [0.15, 0.2) is 32.3 Å². The van der Waals surface area contributed by atoms with Crippen LogP contribution in [0.1, 0.15) is 44.9 Å². The van der Waals surface area contributed by atoms with E-state index in [0.717, 1.165) is 25.7 Å². The molecule has 8 nitrogen and oxygen atoms in total. The largest absolute Gasteiger partial charge is 0.419 e. The van der Waals surface area contributed by atoms with Crippen molar-refractivity contribution in [3.8, 4) is 0 Å². The van der Waals surface area contributed by atoms with Crippen molar-refractivity contribution < 1.29 is 17.6 Å². The number of nitrogens with zero attached hydrogens (tertiary/aromatic N) is 1. The fraction of sp³-hybridized carbons (Fsp3) is 0.556. The van der Waals surface area contributed by atoms with Crippen LogP contribution in [0.25, 0.3) is 11.1 Å². The fourth-order valence-corrected chi connectivity index (χ4v) is 4.43. The molecule has 1 fully saturated rings. The highest BCUT2D eigenvalue weighted by Gasteiger charge is 2.18. The van der Waals surface area contributed by atoms with Crippen molar-refractivity contribution in [2.45, 2.75) is 55.9 Å². The number of aromatic nitrogens is 1. The van der Waals surface area contributed by atoms with Gasteiger partial charge in [0.2, 0.25) is 15.9 Å². The van der Waals surface area contributed by atoms with E-state index in [9.17, 15) is 18.0 Å². The van der Waals surface area contributed by atoms with E-state index in [4.69, 9.17) is 4.42 Å². The van der Waals surface area contributed by atoms with Gasteiger partial charge >= 0.3 is 5.76 Å². The van der Waals surface area contributed by atoms with E-state index in [0.29, 0.717) is 5.52 Å². The van der Waals surface area contributed by atoms with Gasteiger partial charge in [-0.3, -0.25) is 9.36 Å². The van der Waals surface area contributed by atoms with E-state index < -0.39 is 15.8 Å². The minimum absolute atomic E-state index is 0.00599. The number of carbonyl (C=O) groups is 1. The molecule has 0 saturated heterocycles. The molecule has 0 aliphatic heterocycles. The Hall–Kier alpha value is -2.13. The lowest BCUT2D eigenvalue weighted by atomic mass is 10.1. The molecule has 1 aromatic carbocycles. The summed E-state index contributed by atoms with van der Waals surface area (Å²) in [7, 11) is -2.24. The second kappa shape index (κ2) is 8.26. The standard InChI is InChI=1S/C18H25N3O5S/c1-21-15-9-8-14(12-16(15)26-18(21)23)27(24,25)19-11-10-17(22)20-13-6-4-2-3-5-7-13/h8-9,12-13,19H,2-7,10-11H2,1H3,(H,20,22). The van der Waals surface area contributed by atoms with Crippen LogP contribution < -0.4 is 15.8 Å². The molecule has 148 valence electrons. The minimum Gasteiger partial charge on any atom is -0.408 e. The van der Waals surface area contributed by atoms with Crippen LogP contribution in [0.5, 0.6) is 0 Å². The third-order valence-corrected chi connectivity index (χ3v) is 6.40. The number of amides is 1. The van der Waals surface area contributed by atoms with Gasteiger partial charge in [0.05, 0.1) is 10.4 Å². The number of fused-ring (bicyclic) bond motifs is 1. The molecular weight excluding hydrogens is 370 g/mol. The first-order chi connectivity index (χ1) is 12.9. The van der Waals surface area contributed by atoms with Crippen molar-refractivity contribution in [2.75, 3.05) is 6.54 Å². The molecule has 1 aliphatic rings. The van der Waals surface area contributed by atoms with Gasteiger partial charge < -0.3 is 9.73 Å². The lowest BCUT2D eigenvalue weighted by Gasteiger charge is -2.16. The number of sulfonamides is 1.